The van der Waals surface area contributed by atoms with Crippen molar-refractivity contribution in [3.8, 4) is 17.3 Å². The predicted molar refractivity (Wildman–Crippen MR) is 96.1 cm³/mol. The van der Waals surface area contributed by atoms with E-state index in [0.29, 0.717) is 5.56 Å². The standard InChI is InChI=1S/C21H13F5N2O/c1-12-3-2-4-14(7-12)19-9-16(21(24,25)26)15(10-27)20(29)28(19)11-13-5-6-17(22)18(23)8-13/h2-9H,11H2,1H3. The predicted octanol–water partition coefficient (Wildman–Crippen LogP) is 5.04. The minimum Gasteiger partial charge on any atom is -0.303 e. The lowest BCUT2D eigenvalue weighted by atomic mass is 10.0. The van der Waals surface area contributed by atoms with Gasteiger partial charge in [0, 0.05) is 0 Å². The zero-order valence-corrected chi connectivity index (χ0v) is 15.0. The molecule has 0 aliphatic heterocycles. The Bertz CT molecular complexity index is 1190. The van der Waals surface area contributed by atoms with Gasteiger partial charge in [-0.2, -0.15) is 18.4 Å². The highest BCUT2D eigenvalue weighted by atomic mass is 19.4. The fourth-order valence-corrected chi connectivity index (χ4v) is 3.00. The molecule has 3 rings (SSSR count). The van der Waals surface area contributed by atoms with Crippen molar-refractivity contribution < 1.29 is 22.0 Å². The molecule has 0 saturated carbocycles. The minimum atomic E-state index is -4.91. The van der Waals surface area contributed by atoms with Crippen LogP contribution in [0.15, 0.2) is 53.3 Å². The van der Waals surface area contributed by atoms with E-state index in [1.165, 1.54) is 18.2 Å². The van der Waals surface area contributed by atoms with Crippen LogP contribution < -0.4 is 5.56 Å². The van der Waals surface area contributed by atoms with E-state index in [9.17, 15) is 26.7 Å². The fourth-order valence-electron chi connectivity index (χ4n) is 3.00. The molecule has 0 spiro atoms. The van der Waals surface area contributed by atoms with Crippen molar-refractivity contribution in [1.82, 2.24) is 4.57 Å². The summed E-state index contributed by atoms with van der Waals surface area (Å²) in [6.45, 7) is 1.39. The molecule has 1 aromatic heterocycles. The molecule has 0 radical (unpaired) electrons. The molecule has 3 aromatic rings. The molecule has 2 aromatic carbocycles. The smallest absolute Gasteiger partial charge is 0.303 e. The van der Waals surface area contributed by atoms with Crippen molar-refractivity contribution in [2.75, 3.05) is 0 Å². The Hall–Kier alpha value is -3.47. The van der Waals surface area contributed by atoms with Crippen LogP contribution in [0.1, 0.15) is 22.3 Å². The Labute approximate surface area is 162 Å². The summed E-state index contributed by atoms with van der Waals surface area (Å²) in [5.74, 6) is -2.25. The van der Waals surface area contributed by atoms with E-state index in [-0.39, 0.29) is 17.8 Å². The lowest BCUT2D eigenvalue weighted by Crippen LogP contribution is -2.28. The van der Waals surface area contributed by atoms with Crippen LogP contribution in [-0.4, -0.2) is 4.57 Å². The second-order valence-corrected chi connectivity index (χ2v) is 6.44. The Balaban J connectivity index is 2.31. The number of aromatic nitrogens is 1. The molecule has 0 aliphatic carbocycles. The second-order valence-electron chi connectivity index (χ2n) is 6.44. The fraction of sp³-hybridized carbons (Fsp3) is 0.143. The van der Waals surface area contributed by atoms with Crippen LogP contribution in [0.3, 0.4) is 0 Å². The Morgan fingerprint density at radius 2 is 1.76 bits per heavy atom. The maximum absolute atomic E-state index is 13.6. The van der Waals surface area contributed by atoms with Gasteiger partial charge in [-0.1, -0.05) is 29.8 Å². The maximum atomic E-state index is 13.6. The number of alkyl halides is 3. The van der Waals surface area contributed by atoms with Gasteiger partial charge in [0.25, 0.3) is 5.56 Å². The number of pyridine rings is 1. The van der Waals surface area contributed by atoms with Gasteiger partial charge in [-0.15, -0.1) is 0 Å². The van der Waals surface area contributed by atoms with Crippen LogP contribution in [0.2, 0.25) is 0 Å². The minimum absolute atomic E-state index is 0.0882. The van der Waals surface area contributed by atoms with E-state index in [0.717, 1.165) is 28.3 Å². The van der Waals surface area contributed by atoms with Crippen molar-refractivity contribution in [3.63, 3.8) is 0 Å². The molecule has 0 fully saturated rings. The summed E-state index contributed by atoms with van der Waals surface area (Å²) < 4.78 is 68.1. The van der Waals surface area contributed by atoms with Crippen molar-refractivity contribution in [3.05, 3.63) is 92.8 Å². The van der Waals surface area contributed by atoms with Gasteiger partial charge < -0.3 is 4.57 Å². The highest BCUT2D eigenvalue weighted by Crippen LogP contribution is 2.34. The molecule has 0 aliphatic rings. The topological polar surface area (TPSA) is 45.8 Å². The van der Waals surface area contributed by atoms with Gasteiger partial charge >= 0.3 is 6.18 Å². The van der Waals surface area contributed by atoms with Crippen LogP contribution in [0.5, 0.6) is 0 Å². The first-order valence-electron chi connectivity index (χ1n) is 8.38. The van der Waals surface area contributed by atoms with Crippen molar-refractivity contribution in [1.29, 1.82) is 5.26 Å². The zero-order chi connectivity index (χ0) is 21.3. The molecular formula is C21H13F5N2O. The quantitative estimate of drug-likeness (QED) is 0.574. The average molecular weight is 404 g/mol. The van der Waals surface area contributed by atoms with Crippen LogP contribution in [0, 0.1) is 29.9 Å². The second kappa shape index (κ2) is 7.51. The molecule has 0 bridgehead atoms. The van der Waals surface area contributed by atoms with Crippen LogP contribution in [0.25, 0.3) is 11.3 Å². The Kier molecular flexibility index (Phi) is 5.25. The van der Waals surface area contributed by atoms with Crippen molar-refractivity contribution in [2.24, 2.45) is 0 Å². The highest BCUT2D eigenvalue weighted by Gasteiger charge is 2.36. The van der Waals surface area contributed by atoms with Gasteiger partial charge in [0.1, 0.15) is 11.6 Å². The molecule has 8 heteroatoms. The summed E-state index contributed by atoms with van der Waals surface area (Å²) in [7, 11) is 0. The van der Waals surface area contributed by atoms with Gasteiger partial charge in [0.05, 0.1) is 17.8 Å². The third-order valence-corrected chi connectivity index (χ3v) is 4.36. The molecule has 29 heavy (non-hydrogen) atoms. The van der Waals surface area contributed by atoms with Gasteiger partial charge in [-0.05, 0) is 42.3 Å². The molecule has 148 valence electrons. The largest absolute Gasteiger partial charge is 0.417 e. The normalized spacial score (nSPS) is 11.3. The Morgan fingerprint density at radius 1 is 1.03 bits per heavy atom. The summed E-state index contributed by atoms with van der Waals surface area (Å²) in [4.78, 5) is 12.8. The Morgan fingerprint density at radius 3 is 2.34 bits per heavy atom. The maximum Gasteiger partial charge on any atom is 0.417 e. The van der Waals surface area contributed by atoms with Gasteiger partial charge in [0.15, 0.2) is 11.6 Å². The molecule has 3 nitrogen and oxygen atoms in total. The van der Waals surface area contributed by atoms with E-state index in [2.05, 4.69) is 0 Å². The number of nitrogens with zero attached hydrogens (tertiary/aromatic N) is 2. The first-order chi connectivity index (χ1) is 13.6. The third-order valence-electron chi connectivity index (χ3n) is 4.36. The van der Waals surface area contributed by atoms with Crippen LogP contribution in [-0.2, 0) is 12.7 Å². The van der Waals surface area contributed by atoms with E-state index < -0.39 is 34.5 Å². The van der Waals surface area contributed by atoms with Crippen molar-refractivity contribution in [2.45, 2.75) is 19.6 Å². The van der Waals surface area contributed by atoms with E-state index in [1.54, 1.807) is 25.1 Å². The van der Waals surface area contributed by atoms with E-state index in [1.807, 2.05) is 0 Å². The molecular weight excluding hydrogens is 391 g/mol. The number of aryl methyl sites for hydroxylation is 1. The van der Waals surface area contributed by atoms with E-state index >= 15 is 0 Å². The summed E-state index contributed by atoms with van der Waals surface area (Å²) >= 11 is 0. The van der Waals surface area contributed by atoms with Gasteiger partial charge in [-0.25, -0.2) is 8.78 Å². The number of hydrogen-bond donors (Lipinski definition) is 0. The monoisotopic (exact) mass is 404 g/mol. The molecule has 0 amide bonds. The molecule has 0 saturated heterocycles. The first kappa shape index (κ1) is 20.3. The lowest BCUT2D eigenvalue weighted by Gasteiger charge is -2.18. The number of benzene rings is 2. The zero-order valence-electron chi connectivity index (χ0n) is 15.0. The number of rotatable bonds is 3. The van der Waals surface area contributed by atoms with Crippen LogP contribution >= 0.6 is 0 Å². The first-order valence-corrected chi connectivity index (χ1v) is 8.38. The third kappa shape index (κ3) is 4.04. The number of halogens is 5. The van der Waals surface area contributed by atoms with Gasteiger partial charge in [0.2, 0.25) is 0 Å². The summed E-state index contributed by atoms with van der Waals surface area (Å²) in [6.07, 6.45) is -4.91. The summed E-state index contributed by atoms with van der Waals surface area (Å²) in [5, 5.41) is 9.17. The lowest BCUT2D eigenvalue weighted by molar-refractivity contribution is -0.137. The van der Waals surface area contributed by atoms with Crippen molar-refractivity contribution >= 4 is 0 Å². The molecule has 1 heterocycles. The summed E-state index contributed by atoms with van der Waals surface area (Å²) in [6, 6.07) is 11.4. The average Bonchev–Trinajstić information content (AvgIpc) is 2.65. The number of nitriles is 1. The molecule has 0 atom stereocenters. The van der Waals surface area contributed by atoms with E-state index in [4.69, 9.17) is 5.26 Å². The van der Waals surface area contributed by atoms with Gasteiger partial charge in [-0.3, -0.25) is 4.79 Å². The molecule has 0 unspecified atom stereocenters. The van der Waals surface area contributed by atoms with Crippen LogP contribution in [0.4, 0.5) is 22.0 Å². The highest BCUT2D eigenvalue weighted by molar-refractivity contribution is 5.63. The SMILES string of the molecule is Cc1cccc(-c2cc(C(F)(F)F)c(C#N)c(=O)n2Cc2ccc(F)c(F)c2)c1. The summed E-state index contributed by atoms with van der Waals surface area (Å²) in [5.41, 5.74) is -2.44. The number of hydrogen-bond acceptors (Lipinski definition) is 2. The molecule has 0 N–H and O–H groups in total.